The van der Waals surface area contributed by atoms with E-state index in [0.717, 1.165) is 28.4 Å². The zero-order valence-electron chi connectivity index (χ0n) is 13.0. The first-order valence-corrected chi connectivity index (χ1v) is 8.45. The van der Waals surface area contributed by atoms with E-state index in [4.69, 9.17) is 0 Å². The van der Waals surface area contributed by atoms with E-state index in [1.54, 1.807) is 11.3 Å². The third-order valence-corrected chi connectivity index (χ3v) is 4.35. The molecule has 0 atom stereocenters. The molecule has 0 saturated heterocycles. The number of aromatic nitrogens is 1. The first kappa shape index (κ1) is 15.4. The molecule has 2 aromatic carbocycles. The van der Waals surface area contributed by atoms with Crippen molar-refractivity contribution in [2.45, 2.75) is 19.8 Å². The second-order valence-corrected chi connectivity index (χ2v) is 6.39. The number of carbonyl (C=O) groups excluding carboxylic acids is 1. The zero-order valence-corrected chi connectivity index (χ0v) is 13.8. The summed E-state index contributed by atoms with van der Waals surface area (Å²) in [6, 6.07) is 17.8. The van der Waals surface area contributed by atoms with E-state index < -0.39 is 0 Å². The van der Waals surface area contributed by atoms with Crippen LogP contribution < -0.4 is 5.32 Å². The third-order valence-electron chi connectivity index (χ3n) is 3.58. The highest BCUT2D eigenvalue weighted by Gasteiger charge is 2.10. The first-order valence-electron chi connectivity index (χ1n) is 7.57. The second kappa shape index (κ2) is 7.20. The molecule has 4 heteroatoms. The van der Waals surface area contributed by atoms with E-state index >= 15 is 0 Å². The number of amides is 1. The minimum atomic E-state index is 0.0215. The van der Waals surface area contributed by atoms with Gasteiger partial charge in [-0.1, -0.05) is 48.5 Å². The molecule has 3 rings (SSSR count). The number of benzene rings is 2. The van der Waals surface area contributed by atoms with Gasteiger partial charge in [0.15, 0.2) is 0 Å². The average Bonchev–Trinajstić information content (AvgIpc) is 3.01. The topological polar surface area (TPSA) is 42.0 Å². The summed E-state index contributed by atoms with van der Waals surface area (Å²) in [5.74, 6) is 0.0215. The second-order valence-electron chi connectivity index (χ2n) is 5.33. The Bertz CT molecular complexity index is 796. The molecule has 1 aromatic heterocycles. The molecule has 3 nitrogen and oxygen atoms in total. The highest BCUT2D eigenvalue weighted by molar-refractivity contribution is 7.09. The van der Waals surface area contributed by atoms with Crippen LogP contribution in [0.1, 0.15) is 17.0 Å². The van der Waals surface area contributed by atoms with Gasteiger partial charge >= 0.3 is 0 Å². The molecule has 0 saturated carbocycles. The SMILES string of the molecule is Cc1nc(-c2ccccc2NC(=O)CCc2ccccc2)cs1. The summed E-state index contributed by atoms with van der Waals surface area (Å²) in [6.07, 6.45) is 1.21. The molecule has 0 aliphatic heterocycles. The maximum atomic E-state index is 12.2. The number of nitrogens with one attached hydrogen (secondary N) is 1. The quantitative estimate of drug-likeness (QED) is 0.740. The van der Waals surface area contributed by atoms with Crippen LogP contribution in [-0.2, 0) is 11.2 Å². The minimum absolute atomic E-state index is 0.0215. The number of para-hydroxylation sites is 1. The Kier molecular flexibility index (Phi) is 4.83. The van der Waals surface area contributed by atoms with E-state index in [2.05, 4.69) is 10.3 Å². The number of carbonyl (C=O) groups is 1. The zero-order chi connectivity index (χ0) is 16.1. The van der Waals surface area contributed by atoms with Crippen LogP contribution in [0.25, 0.3) is 11.3 Å². The maximum Gasteiger partial charge on any atom is 0.224 e. The van der Waals surface area contributed by atoms with E-state index in [0.29, 0.717) is 6.42 Å². The molecule has 0 bridgehead atoms. The summed E-state index contributed by atoms with van der Waals surface area (Å²) in [7, 11) is 0. The average molecular weight is 322 g/mol. The fourth-order valence-electron chi connectivity index (χ4n) is 2.42. The van der Waals surface area contributed by atoms with Crippen molar-refractivity contribution in [1.82, 2.24) is 4.98 Å². The van der Waals surface area contributed by atoms with E-state index in [1.807, 2.05) is 66.9 Å². The molecule has 1 heterocycles. The van der Waals surface area contributed by atoms with E-state index in [1.165, 1.54) is 5.56 Å². The van der Waals surface area contributed by atoms with Crippen molar-refractivity contribution in [3.8, 4) is 11.3 Å². The van der Waals surface area contributed by atoms with E-state index in [9.17, 15) is 4.79 Å². The molecule has 0 radical (unpaired) electrons. The van der Waals surface area contributed by atoms with Gasteiger partial charge in [-0.15, -0.1) is 11.3 Å². The van der Waals surface area contributed by atoms with Crippen molar-refractivity contribution < 1.29 is 4.79 Å². The van der Waals surface area contributed by atoms with Gasteiger partial charge in [0.2, 0.25) is 5.91 Å². The summed E-state index contributed by atoms with van der Waals surface area (Å²) in [5, 5.41) is 6.05. The first-order chi connectivity index (χ1) is 11.2. The van der Waals surface area contributed by atoms with Gasteiger partial charge in [-0.3, -0.25) is 4.79 Å². The number of anilines is 1. The number of thiazole rings is 1. The van der Waals surface area contributed by atoms with Crippen molar-refractivity contribution in [3.63, 3.8) is 0 Å². The maximum absolute atomic E-state index is 12.2. The molecule has 0 aliphatic carbocycles. The van der Waals surface area contributed by atoms with Gasteiger partial charge in [-0.25, -0.2) is 4.98 Å². The molecule has 0 aliphatic rings. The van der Waals surface area contributed by atoms with Gasteiger partial charge in [-0.05, 0) is 25.0 Å². The molecule has 0 spiro atoms. The number of aryl methyl sites for hydroxylation is 2. The van der Waals surface area contributed by atoms with Crippen LogP contribution >= 0.6 is 11.3 Å². The molecule has 3 aromatic rings. The Hall–Kier alpha value is -2.46. The van der Waals surface area contributed by atoms with Crippen molar-refractivity contribution >= 4 is 22.9 Å². The Balaban J connectivity index is 1.69. The number of nitrogens with zero attached hydrogens (tertiary/aromatic N) is 1. The van der Waals surface area contributed by atoms with Crippen LogP contribution in [0.4, 0.5) is 5.69 Å². The molecular formula is C19H18N2OS. The number of hydrogen-bond donors (Lipinski definition) is 1. The molecule has 116 valence electrons. The minimum Gasteiger partial charge on any atom is -0.325 e. The standard InChI is InChI=1S/C19H18N2OS/c1-14-20-18(13-23-14)16-9-5-6-10-17(16)21-19(22)12-11-15-7-3-2-4-8-15/h2-10,13H,11-12H2,1H3,(H,21,22). The Morgan fingerprint density at radius 3 is 2.57 bits per heavy atom. The van der Waals surface area contributed by atoms with Gasteiger partial charge in [-0.2, -0.15) is 0 Å². The van der Waals surface area contributed by atoms with Crippen molar-refractivity contribution in [1.29, 1.82) is 0 Å². The number of hydrogen-bond acceptors (Lipinski definition) is 3. The highest BCUT2D eigenvalue weighted by atomic mass is 32.1. The summed E-state index contributed by atoms with van der Waals surface area (Å²) >= 11 is 1.61. The number of rotatable bonds is 5. The monoisotopic (exact) mass is 322 g/mol. The molecule has 0 fully saturated rings. The Morgan fingerprint density at radius 2 is 1.83 bits per heavy atom. The predicted octanol–water partition coefficient (Wildman–Crippen LogP) is 4.69. The lowest BCUT2D eigenvalue weighted by Gasteiger charge is -2.09. The van der Waals surface area contributed by atoms with Crippen LogP contribution in [0, 0.1) is 6.92 Å². The Labute approximate surface area is 140 Å². The lowest BCUT2D eigenvalue weighted by atomic mass is 10.1. The van der Waals surface area contributed by atoms with Gasteiger partial charge in [0.25, 0.3) is 0 Å². The van der Waals surface area contributed by atoms with Gasteiger partial charge in [0.05, 0.1) is 16.4 Å². The summed E-state index contributed by atoms with van der Waals surface area (Å²) in [5.41, 5.74) is 3.86. The summed E-state index contributed by atoms with van der Waals surface area (Å²) < 4.78 is 0. The summed E-state index contributed by atoms with van der Waals surface area (Å²) in [4.78, 5) is 16.8. The summed E-state index contributed by atoms with van der Waals surface area (Å²) in [6.45, 7) is 1.98. The van der Waals surface area contributed by atoms with Crippen molar-refractivity contribution in [3.05, 3.63) is 70.5 Å². The largest absolute Gasteiger partial charge is 0.325 e. The molecular weight excluding hydrogens is 304 g/mol. The van der Waals surface area contributed by atoms with Crippen LogP contribution in [-0.4, -0.2) is 10.9 Å². The van der Waals surface area contributed by atoms with Crippen LogP contribution in [0.15, 0.2) is 60.0 Å². The normalized spacial score (nSPS) is 10.5. The lowest BCUT2D eigenvalue weighted by Crippen LogP contribution is -2.13. The Morgan fingerprint density at radius 1 is 1.09 bits per heavy atom. The smallest absolute Gasteiger partial charge is 0.224 e. The van der Waals surface area contributed by atoms with E-state index in [-0.39, 0.29) is 5.91 Å². The molecule has 1 amide bonds. The fourth-order valence-corrected chi connectivity index (χ4v) is 3.03. The third kappa shape index (κ3) is 4.05. The van der Waals surface area contributed by atoms with Gasteiger partial charge in [0.1, 0.15) is 0 Å². The van der Waals surface area contributed by atoms with Crippen LogP contribution in [0.3, 0.4) is 0 Å². The van der Waals surface area contributed by atoms with Crippen molar-refractivity contribution in [2.24, 2.45) is 0 Å². The lowest BCUT2D eigenvalue weighted by molar-refractivity contribution is -0.116. The molecule has 1 N–H and O–H groups in total. The van der Waals surface area contributed by atoms with Crippen molar-refractivity contribution in [2.75, 3.05) is 5.32 Å². The molecule has 23 heavy (non-hydrogen) atoms. The predicted molar refractivity (Wildman–Crippen MR) is 95.7 cm³/mol. The van der Waals surface area contributed by atoms with Gasteiger partial charge < -0.3 is 5.32 Å². The van der Waals surface area contributed by atoms with Crippen LogP contribution in [0.2, 0.25) is 0 Å². The highest BCUT2D eigenvalue weighted by Crippen LogP contribution is 2.28. The fraction of sp³-hybridized carbons (Fsp3) is 0.158. The molecule has 0 unspecified atom stereocenters. The van der Waals surface area contributed by atoms with Crippen LogP contribution in [0.5, 0.6) is 0 Å². The van der Waals surface area contributed by atoms with Gasteiger partial charge in [0, 0.05) is 17.4 Å².